The van der Waals surface area contributed by atoms with Crippen molar-refractivity contribution in [2.24, 2.45) is 10.1 Å². The Kier molecular flexibility index (Phi) is 4.75. The van der Waals surface area contributed by atoms with E-state index in [0.29, 0.717) is 5.56 Å². The van der Waals surface area contributed by atoms with Gasteiger partial charge in [-0.2, -0.15) is 5.10 Å². The van der Waals surface area contributed by atoms with Gasteiger partial charge in [-0.1, -0.05) is 22.4 Å². The van der Waals surface area contributed by atoms with Crippen LogP contribution in [0.15, 0.2) is 32.8 Å². The number of nitrogens with one attached hydrogen (secondary N) is 1. The molecule has 0 saturated heterocycles. The third-order valence-electron chi connectivity index (χ3n) is 2.76. The highest BCUT2D eigenvalue weighted by molar-refractivity contribution is 9.10. The highest BCUT2D eigenvalue weighted by Crippen LogP contribution is 2.19. The van der Waals surface area contributed by atoms with Gasteiger partial charge in [-0.3, -0.25) is 10.4 Å². The first kappa shape index (κ1) is 13.1. The van der Waals surface area contributed by atoms with Crippen molar-refractivity contribution in [2.75, 3.05) is 6.54 Å². The third kappa shape index (κ3) is 3.84. The van der Waals surface area contributed by atoms with Crippen molar-refractivity contribution in [3.63, 3.8) is 0 Å². The minimum Gasteiger partial charge on any atom is -0.507 e. The van der Waals surface area contributed by atoms with Crippen LogP contribution in [0.5, 0.6) is 5.75 Å². The number of hydrazone groups is 1. The van der Waals surface area contributed by atoms with Gasteiger partial charge in [0.15, 0.2) is 0 Å². The Morgan fingerprint density at radius 1 is 1.33 bits per heavy atom. The van der Waals surface area contributed by atoms with Crippen LogP contribution < -0.4 is 5.43 Å². The lowest BCUT2D eigenvalue weighted by molar-refractivity contribution is 0.474. The summed E-state index contributed by atoms with van der Waals surface area (Å²) in [7, 11) is 0. The van der Waals surface area contributed by atoms with Crippen LogP contribution in [0.4, 0.5) is 0 Å². The molecule has 0 amide bonds. The molecule has 4 nitrogen and oxygen atoms in total. The number of phenolic OH excluding ortho intramolecular Hbond substituents is 1. The lowest BCUT2D eigenvalue weighted by Gasteiger charge is -2.03. The van der Waals surface area contributed by atoms with Crippen LogP contribution in [0.2, 0.25) is 0 Å². The zero-order chi connectivity index (χ0) is 12.8. The molecule has 18 heavy (non-hydrogen) atoms. The van der Waals surface area contributed by atoms with Gasteiger partial charge in [-0.05, 0) is 31.0 Å². The Hall–Kier alpha value is -1.36. The van der Waals surface area contributed by atoms with Gasteiger partial charge in [0.25, 0.3) is 0 Å². The molecule has 0 spiro atoms. The number of phenols is 1. The number of halogens is 1. The van der Waals surface area contributed by atoms with Gasteiger partial charge in [0.1, 0.15) is 11.6 Å². The lowest BCUT2D eigenvalue weighted by atomic mass is 10.2. The molecule has 0 aliphatic carbocycles. The number of benzene rings is 1. The van der Waals surface area contributed by atoms with Crippen LogP contribution >= 0.6 is 15.9 Å². The van der Waals surface area contributed by atoms with Crippen molar-refractivity contribution in [1.82, 2.24) is 5.43 Å². The molecule has 1 aliphatic rings. The average molecular weight is 310 g/mol. The zero-order valence-corrected chi connectivity index (χ0v) is 11.7. The Balaban J connectivity index is 1.98. The molecular formula is C13H16BrN3O. The van der Waals surface area contributed by atoms with Crippen LogP contribution in [0.3, 0.4) is 0 Å². The lowest BCUT2D eigenvalue weighted by Crippen LogP contribution is -2.17. The molecule has 0 aromatic heterocycles. The number of hydrogen-bond donors (Lipinski definition) is 2. The fraction of sp³-hybridized carbons (Fsp3) is 0.385. The molecule has 0 fully saturated rings. The van der Waals surface area contributed by atoms with E-state index in [0.717, 1.165) is 36.1 Å². The standard InChI is InChI=1S/C13H16BrN3O/c14-11-5-6-12(18)10(8-11)9-16-17-13-4-2-1-3-7-15-13/h5-6,8-9,18H,1-4,7H2,(H,15,17)/b16-9+. The molecule has 2 N–H and O–H groups in total. The molecular weight excluding hydrogens is 294 g/mol. The molecule has 1 aliphatic heterocycles. The summed E-state index contributed by atoms with van der Waals surface area (Å²) in [6.45, 7) is 0.875. The Morgan fingerprint density at radius 2 is 2.22 bits per heavy atom. The van der Waals surface area contributed by atoms with E-state index < -0.39 is 0 Å². The molecule has 0 unspecified atom stereocenters. The zero-order valence-electron chi connectivity index (χ0n) is 10.1. The molecule has 1 aromatic rings. The van der Waals surface area contributed by atoms with Crippen LogP contribution in [-0.2, 0) is 0 Å². The molecule has 1 aromatic carbocycles. The summed E-state index contributed by atoms with van der Waals surface area (Å²) in [6.07, 6.45) is 6.09. The summed E-state index contributed by atoms with van der Waals surface area (Å²) in [6, 6.07) is 5.24. The van der Waals surface area contributed by atoms with Crippen molar-refractivity contribution < 1.29 is 5.11 Å². The van der Waals surface area contributed by atoms with E-state index in [4.69, 9.17) is 0 Å². The normalized spacial score (nSPS) is 16.4. The first-order valence-electron chi connectivity index (χ1n) is 6.06. The molecule has 0 atom stereocenters. The van der Waals surface area contributed by atoms with E-state index in [1.54, 1.807) is 18.3 Å². The van der Waals surface area contributed by atoms with Gasteiger partial charge in [0.05, 0.1) is 6.21 Å². The summed E-state index contributed by atoms with van der Waals surface area (Å²) < 4.78 is 0.911. The topological polar surface area (TPSA) is 57.0 Å². The largest absolute Gasteiger partial charge is 0.507 e. The average Bonchev–Trinajstić information content (AvgIpc) is 2.62. The van der Waals surface area contributed by atoms with Crippen LogP contribution in [0, 0.1) is 0 Å². The van der Waals surface area contributed by atoms with Crippen LogP contribution in [0.25, 0.3) is 0 Å². The maximum absolute atomic E-state index is 9.65. The number of hydrogen-bond acceptors (Lipinski definition) is 4. The predicted molar refractivity (Wildman–Crippen MR) is 77.3 cm³/mol. The predicted octanol–water partition coefficient (Wildman–Crippen LogP) is 3.05. The van der Waals surface area contributed by atoms with Crippen LogP contribution in [-0.4, -0.2) is 23.7 Å². The first-order chi connectivity index (χ1) is 8.75. The van der Waals surface area contributed by atoms with Gasteiger partial charge >= 0.3 is 0 Å². The van der Waals surface area contributed by atoms with Gasteiger partial charge in [-0.15, -0.1) is 0 Å². The maximum Gasteiger partial charge on any atom is 0.124 e. The molecule has 0 saturated carbocycles. The summed E-state index contributed by atoms with van der Waals surface area (Å²) in [4.78, 5) is 4.41. The summed E-state index contributed by atoms with van der Waals surface area (Å²) in [5, 5.41) is 13.8. The Morgan fingerprint density at radius 3 is 3.11 bits per heavy atom. The summed E-state index contributed by atoms with van der Waals surface area (Å²) in [5.74, 6) is 1.14. The van der Waals surface area contributed by atoms with E-state index in [1.165, 1.54) is 6.42 Å². The van der Waals surface area contributed by atoms with Crippen molar-refractivity contribution in [3.05, 3.63) is 28.2 Å². The summed E-state index contributed by atoms with van der Waals surface area (Å²) in [5.41, 5.74) is 3.62. The van der Waals surface area contributed by atoms with E-state index in [1.807, 2.05) is 6.07 Å². The van der Waals surface area contributed by atoms with Crippen molar-refractivity contribution in [3.8, 4) is 5.75 Å². The van der Waals surface area contributed by atoms with E-state index in [-0.39, 0.29) is 5.75 Å². The molecule has 5 heteroatoms. The molecule has 2 rings (SSSR count). The quantitative estimate of drug-likeness (QED) is 0.651. The molecule has 0 bridgehead atoms. The summed E-state index contributed by atoms with van der Waals surface area (Å²) >= 11 is 3.36. The minimum absolute atomic E-state index is 0.214. The number of aliphatic imine (C=N–C) groups is 1. The fourth-order valence-electron chi connectivity index (χ4n) is 1.77. The maximum atomic E-state index is 9.65. The molecule has 1 heterocycles. The molecule has 96 valence electrons. The van der Waals surface area contributed by atoms with E-state index in [2.05, 4.69) is 31.4 Å². The van der Waals surface area contributed by atoms with E-state index in [9.17, 15) is 5.11 Å². The Bertz CT molecular complexity index is 471. The second-order valence-electron chi connectivity index (χ2n) is 4.21. The number of rotatable bonds is 2. The van der Waals surface area contributed by atoms with Crippen molar-refractivity contribution in [1.29, 1.82) is 0 Å². The minimum atomic E-state index is 0.214. The monoisotopic (exact) mass is 309 g/mol. The van der Waals surface area contributed by atoms with Gasteiger partial charge in [0.2, 0.25) is 0 Å². The molecule has 0 radical (unpaired) electrons. The second-order valence-corrected chi connectivity index (χ2v) is 5.13. The third-order valence-corrected chi connectivity index (χ3v) is 3.25. The highest BCUT2D eigenvalue weighted by atomic mass is 79.9. The second kappa shape index (κ2) is 6.54. The SMILES string of the molecule is Oc1ccc(Br)cc1/C=N/NC1=NCCCCC1. The van der Waals surface area contributed by atoms with Gasteiger partial charge in [0, 0.05) is 23.0 Å². The van der Waals surface area contributed by atoms with Gasteiger partial charge < -0.3 is 5.11 Å². The van der Waals surface area contributed by atoms with Crippen molar-refractivity contribution in [2.45, 2.75) is 25.7 Å². The number of amidine groups is 1. The van der Waals surface area contributed by atoms with Gasteiger partial charge in [-0.25, -0.2) is 0 Å². The van der Waals surface area contributed by atoms with Crippen LogP contribution in [0.1, 0.15) is 31.2 Å². The van der Waals surface area contributed by atoms with Crippen molar-refractivity contribution >= 4 is 28.0 Å². The highest BCUT2D eigenvalue weighted by Gasteiger charge is 2.03. The fourth-order valence-corrected chi connectivity index (χ4v) is 2.15. The van der Waals surface area contributed by atoms with E-state index >= 15 is 0 Å². The Labute approximate surface area is 115 Å². The number of aromatic hydroxyl groups is 1. The first-order valence-corrected chi connectivity index (χ1v) is 6.86. The number of nitrogens with zero attached hydrogens (tertiary/aromatic N) is 2. The smallest absolute Gasteiger partial charge is 0.124 e.